The van der Waals surface area contributed by atoms with Gasteiger partial charge in [0.15, 0.2) is 12.2 Å². The number of hydrogen-bond acceptors (Lipinski definition) is 15. The summed E-state index contributed by atoms with van der Waals surface area (Å²) in [5.74, 6) is -2.40. The lowest BCUT2D eigenvalue weighted by molar-refractivity contribution is -0.161. The third-order valence-electron chi connectivity index (χ3n) is 15.7. The van der Waals surface area contributed by atoms with E-state index in [4.69, 9.17) is 37.0 Å². The molecule has 0 aromatic heterocycles. The molecule has 0 aliphatic heterocycles. The van der Waals surface area contributed by atoms with Crippen LogP contribution in [-0.4, -0.2) is 96.7 Å². The minimum Gasteiger partial charge on any atom is -0.462 e. The second kappa shape index (κ2) is 75.6. The van der Waals surface area contributed by atoms with Crippen LogP contribution >= 0.6 is 15.6 Å². The highest BCUT2D eigenvalue weighted by Gasteiger charge is 2.30. The number of carbonyl (C=O) groups excluding carboxylic acids is 4. The standard InChI is InChI=1S/C85H138O17P2/c1-5-9-13-17-21-25-29-33-37-39-43-45-49-53-57-61-65-69-82(87)95-75-80(101-84(89)71-67-63-59-55-51-47-41-35-31-27-23-19-15-11-7-3)77-99-103(91,92)97-73-79(86)74-98-104(93,94)100-78-81(102-85(90)72-68-64-60-56-52-48-42-36-32-28-24-20-16-12-8-4)76-96-83(88)70-66-62-58-54-50-46-44-40-38-34-30-26-22-18-14-10-6-2/h9-11,13-15,21-23,25-27,33-38,41-46,51,55,63,67,79-81,86H,5-8,12,16-20,24,28-32,39-40,47-50,52-54,56-62,64-66,68-78H2,1-4H3,(H,91,92)(H,93,94)/b13-9-,14-10-,15-11-,25-21-,26-22-,27-23-,37-33-,38-34-,41-35-,42-36-,45-43-,46-44-,55-51-,67-63-. The zero-order valence-corrected chi connectivity index (χ0v) is 66.2. The molecule has 5 atom stereocenters. The maximum absolute atomic E-state index is 13.1. The van der Waals surface area contributed by atoms with Crippen LogP contribution in [0.3, 0.4) is 0 Å². The first-order valence-electron chi connectivity index (χ1n) is 39.4. The van der Waals surface area contributed by atoms with E-state index in [0.717, 1.165) is 167 Å². The van der Waals surface area contributed by atoms with Gasteiger partial charge in [0, 0.05) is 19.3 Å². The molecule has 0 radical (unpaired) electrons. The molecule has 0 amide bonds. The zero-order valence-electron chi connectivity index (χ0n) is 64.4. The SMILES string of the molecule is CC/C=C\C/C=C\C/C=C\C/C=C\C/C=C\CC(=O)OC(COC(=O)CCCCCC/C=C\C/C=C\C/C=C\C/C=C\CC)COP(=O)(O)OCC(O)COP(=O)(O)OCC(COC(=O)CCCCCC/C=C\C/C=C\C/C=C\C/C=C\CC)OC(=O)CCCCCCC/C=C\CCCCCCCC. The van der Waals surface area contributed by atoms with E-state index < -0.39 is 97.5 Å². The summed E-state index contributed by atoms with van der Waals surface area (Å²) >= 11 is 0. The molecule has 104 heavy (non-hydrogen) atoms. The number of unbranched alkanes of at least 4 members (excludes halogenated alkanes) is 19. The van der Waals surface area contributed by atoms with Gasteiger partial charge in [-0.15, -0.1) is 0 Å². The smallest absolute Gasteiger partial charge is 0.462 e. The number of aliphatic hydroxyl groups excluding tert-OH is 1. The summed E-state index contributed by atoms with van der Waals surface area (Å²) < 4.78 is 68.4. The van der Waals surface area contributed by atoms with Gasteiger partial charge in [-0.25, -0.2) is 9.13 Å². The fourth-order valence-electron chi connectivity index (χ4n) is 9.80. The van der Waals surface area contributed by atoms with Crippen molar-refractivity contribution in [2.45, 2.75) is 303 Å². The molecule has 17 nitrogen and oxygen atoms in total. The lowest BCUT2D eigenvalue weighted by atomic mass is 10.1. The Bertz CT molecular complexity index is 2640. The molecule has 0 aromatic rings. The summed E-state index contributed by atoms with van der Waals surface area (Å²) in [5.41, 5.74) is 0. The minimum absolute atomic E-state index is 0.0712. The van der Waals surface area contributed by atoms with Crippen LogP contribution < -0.4 is 0 Å². The van der Waals surface area contributed by atoms with Crippen molar-refractivity contribution in [3.63, 3.8) is 0 Å². The van der Waals surface area contributed by atoms with Gasteiger partial charge in [0.2, 0.25) is 0 Å². The lowest BCUT2D eigenvalue weighted by Crippen LogP contribution is -2.30. The molecule has 19 heteroatoms. The third kappa shape index (κ3) is 74.7. The predicted molar refractivity (Wildman–Crippen MR) is 426 cm³/mol. The van der Waals surface area contributed by atoms with Crippen LogP contribution in [0.15, 0.2) is 170 Å². The molecule has 0 rings (SSSR count). The Labute approximate surface area is 629 Å². The molecule has 0 heterocycles. The van der Waals surface area contributed by atoms with Crippen LogP contribution in [0.25, 0.3) is 0 Å². The van der Waals surface area contributed by atoms with E-state index >= 15 is 0 Å². The van der Waals surface area contributed by atoms with Crippen molar-refractivity contribution in [2.24, 2.45) is 0 Å². The number of carbonyl (C=O) groups is 4. The highest BCUT2D eigenvalue weighted by Crippen LogP contribution is 2.45. The number of hydrogen-bond donors (Lipinski definition) is 3. The maximum atomic E-state index is 13.1. The molecule has 0 fully saturated rings. The fourth-order valence-corrected chi connectivity index (χ4v) is 11.4. The van der Waals surface area contributed by atoms with Gasteiger partial charge in [0.25, 0.3) is 0 Å². The Morgan fingerprint density at radius 3 is 0.865 bits per heavy atom. The third-order valence-corrected chi connectivity index (χ3v) is 17.6. The summed E-state index contributed by atoms with van der Waals surface area (Å²) in [6.07, 6.45) is 89.4. The number of ether oxygens (including phenoxy) is 4. The molecule has 0 aliphatic rings. The van der Waals surface area contributed by atoms with E-state index in [2.05, 4.69) is 174 Å². The van der Waals surface area contributed by atoms with E-state index in [1.54, 1.807) is 12.2 Å². The Morgan fingerprint density at radius 2 is 0.538 bits per heavy atom. The number of phosphoric ester groups is 2. The van der Waals surface area contributed by atoms with Crippen LogP contribution in [-0.2, 0) is 65.4 Å². The Hall–Kier alpha value is -5.58. The lowest BCUT2D eigenvalue weighted by Gasteiger charge is -2.21. The molecule has 0 saturated heterocycles. The molecule has 3 N–H and O–H groups in total. The highest BCUT2D eigenvalue weighted by molar-refractivity contribution is 7.47. The molecule has 0 spiro atoms. The van der Waals surface area contributed by atoms with Gasteiger partial charge in [0.05, 0.1) is 32.8 Å². The van der Waals surface area contributed by atoms with E-state index in [0.29, 0.717) is 25.7 Å². The second-order valence-electron chi connectivity index (χ2n) is 25.5. The van der Waals surface area contributed by atoms with Gasteiger partial charge in [-0.05, 0) is 154 Å². The summed E-state index contributed by atoms with van der Waals surface area (Å²) in [5, 5.41) is 10.6. The normalized spacial score (nSPS) is 14.8. The van der Waals surface area contributed by atoms with Crippen LogP contribution in [0.1, 0.15) is 285 Å². The average molecular weight is 1490 g/mol. The van der Waals surface area contributed by atoms with Crippen molar-refractivity contribution in [1.82, 2.24) is 0 Å². The van der Waals surface area contributed by atoms with Crippen LogP contribution in [0, 0.1) is 0 Å². The van der Waals surface area contributed by atoms with E-state index in [9.17, 15) is 43.2 Å². The quantitative estimate of drug-likeness (QED) is 0.0169. The van der Waals surface area contributed by atoms with Crippen LogP contribution in [0.4, 0.5) is 0 Å². The number of allylic oxidation sites excluding steroid dienone is 27. The zero-order chi connectivity index (χ0) is 76.0. The maximum Gasteiger partial charge on any atom is 0.472 e. The van der Waals surface area contributed by atoms with Crippen molar-refractivity contribution in [2.75, 3.05) is 39.6 Å². The Kier molecular flexibility index (Phi) is 71.6. The first-order valence-corrected chi connectivity index (χ1v) is 42.4. The molecule has 0 aliphatic carbocycles. The molecular formula is C85H138O17P2. The van der Waals surface area contributed by atoms with Crippen molar-refractivity contribution < 1.29 is 80.2 Å². The number of esters is 4. The van der Waals surface area contributed by atoms with Crippen LogP contribution in [0.2, 0.25) is 0 Å². The summed E-state index contributed by atoms with van der Waals surface area (Å²) in [7, 11) is -10.0. The Morgan fingerprint density at radius 1 is 0.288 bits per heavy atom. The molecule has 5 unspecified atom stereocenters. The topological polar surface area (TPSA) is 237 Å². The van der Waals surface area contributed by atoms with E-state index in [-0.39, 0.29) is 25.7 Å². The van der Waals surface area contributed by atoms with E-state index in [1.165, 1.54) is 38.5 Å². The fraction of sp³-hybridized carbons (Fsp3) is 0.624. The van der Waals surface area contributed by atoms with Crippen molar-refractivity contribution in [3.8, 4) is 0 Å². The summed E-state index contributed by atoms with van der Waals surface area (Å²) in [4.78, 5) is 72.9. The van der Waals surface area contributed by atoms with Crippen molar-refractivity contribution in [1.29, 1.82) is 0 Å². The van der Waals surface area contributed by atoms with Gasteiger partial charge >= 0.3 is 39.5 Å². The van der Waals surface area contributed by atoms with E-state index in [1.807, 2.05) is 12.2 Å². The average Bonchev–Trinajstić information content (AvgIpc) is 1.21. The number of phosphoric acid groups is 2. The molecule has 0 saturated carbocycles. The van der Waals surface area contributed by atoms with Gasteiger partial charge in [-0.1, -0.05) is 275 Å². The highest BCUT2D eigenvalue weighted by atomic mass is 31.2. The van der Waals surface area contributed by atoms with Gasteiger partial charge in [0.1, 0.15) is 19.3 Å². The monoisotopic (exact) mass is 1490 g/mol. The first-order chi connectivity index (χ1) is 50.7. The Balaban J connectivity index is 5.49. The first kappa shape index (κ1) is 98.4. The van der Waals surface area contributed by atoms with Crippen LogP contribution in [0.5, 0.6) is 0 Å². The number of aliphatic hydroxyl groups is 1. The summed E-state index contributed by atoms with van der Waals surface area (Å²) in [6.45, 7) is 4.33. The van der Waals surface area contributed by atoms with Gasteiger partial charge < -0.3 is 33.8 Å². The molecule has 0 aromatic carbocycles. The summed E-state index contributed by atoms with van der Waals surface area (Å²) in [6, 6.07) is 0. The molecule has 590 valence electrons. The molecule has 0 bridgehead atoms. The molecular weight excluding hydrogens is 1350 g/mol. The predicted octanol–water partition coefficient (Wildman–Crippen LogP) is 23.0. The largest absolute Gasteiger partial charge is 0.472 e. The minimum atomic E-state index is -5.02. The van der Waals surface area contributed by atoms with Crippen molar-refractivity contribution >= 4 is 39.5 Å². The van der Waals surface area contributed by atoms with Gasteiger partial charge in [-0.3, -0.25) is 37.3 Å². The van der Waals surface area contributed by atoms with Crippen molar-refractivity contribution in [3.05, 3.63) is 170 Å². The number of rotatable bonds is 72. The van der Waals surface area contributed by atoms with Gasteiger partial charge in [-0.2, -0.15) is 0 Å². The second-order valence-corrected chi connectivity index (χ2v) is 28.4.